The number of amides is 2. The number of benzene rings is 2. The topological polar surface area (TPSA) is 106 Å². The second kappa shape index (κ2) is 11.0. The van der Waals surface area contributed by atoms with E-state index >= 15 is 0 Å². The number of methoxy groups -OCH3 is 1. The summed E-state index contributed by atoms with van der Waals surface area (Å²) in [4.78, 5) is 12.3. The van der Waals surface area contributed by atoms with Gasteiger partial charge >= 0.3 is 6.03 Å². The lowest BCUT2D eigenvalue weighted by molar-refractivity contribution is 0.0730. The lowest BCUT2D eigenvalue weighted by atomic mass is 10.2. The van der Waals surface area contributed by atoms with Crippen molar-refractivity contribution >= 4 is 16.1 Å². The molecule has 0 aromatic heterocycles. The maximum atomic E-state index is 13.0. The third-order valence-corrected chi connectivity index (χ3v) is 6.71. The summed E-state index contributed by atoms with van der Waals surface area (Å²) >= 11 is 0. The van der Waals surface area contributed by atoms with Crippen LogP contribution in [-0.2, 0) is 21.3 Å². The second-order valence-electron chi connectivity index (χ2n) is 6.73. The van der Waals surface area contributed by atoms with Crippen LogP contribution < -0.4 is 20.1 Å². The summed E-state index contributed by atoms with van der Waals surface area (Å²) in [5, 5.41) is 5.39. The molecule has 1 aliphatic rings. The van der Waals surface area contributed by atoms with Crippen LogP contribution in [0.4, 0.5) is 4.79 Å². The maximum Gasteiger partial charge on any atom is 0.315 e. The number of hydrogen-bond acceptors (Lipinski definition) is 6. The van der Waals surface area contributed by atoms with Gasteiger partial charge in [0, 0.05) is 19.6 Å². The summed E-state index contributed by atoms with van der Waals surface area (Å²) in [5.41, 5.74) is 0.523. The monoisotopic (exact) mass is 449 g/mol. The highest BCUT2D eigenvalue weighted by atomic mass is 32.2. The average molecular weight is 450 g/mol. The number of carbonyl (C=O) groups is 1. The summed E-state index contributed by atoms with van der Waals surface area (Å²) in [6.45, 7) is 2.00. The molecule has 0 unspecified atom stereocenters. The van der Waals surface area contributed by atoms with Crippen molar-refractivity contribution in [1.29, 1.82) is 0 Å². The normalized spacial score (nSPS) is 14.6. The summed E-state index contributed by atoms with van der Waals surface area (Å²) in [7, 11) is -2.09. The van der Waals surface area contributed by atoms with E-state index in [0.29, 0.717) is 43.4 Å². The fourth-order valence-corrected chi connectivity index (χ4v) is 4.76. The average Bonchev–Trinajstić information content (AvgIpc) is 2.81. The highest BCUT2D eigenvalue weighted by Gasteiger charge is 2.28. The molecule has 10 heteroatoms. The number of sulfonamides is 1. The first-order valence-electron chi connectivity index (χ1n) is 9.95. The van der Waals surface area contributed by atoms with Gasteiger partial charge in [0.25, 0.3) is 0 Å². The molecule has 0 radical (unpaired) electrons. The summed E-state index contributed by atoms with van der Waals surface area (Å²) in [6.07, 6.45) is 0. The zero-order valence-corrected chi connectivity index (χ0v) is 18.2. The molecule has 1 fully saturated rings. The third-order valence-electron chi connectivity index (χ3n) is 4.71. The van der Waals surface area contributed by atoms with Crippen molar-refractivity contribution in [2.45, 2.75) is 11.4 Å². The molecule has 31 heavy (non-hydrogen) atoms. The second-order valence-corrected chi connectivity index (χ2v) is 8.64. The van der Waals surface area contributed by atoms with Crippen molar-refractivity contribution < 1.29 is 27.4 Å². The first kappa shape index (κ1) is 22.9. The molecule has 0 aliphatic carbocycles. The molecule has 2 N–H and O–H groups in total. The number of morpholine rings is 1. The van der Waals surface area contributed by atoms with Gasteiger partial charge in [-0.05, 0) is 23.8 Å². The van der Waals surface area contributed by atoms with Gasteiger partial charge in [0.15, 0.2) is 11.5 Å². The highest BCUT2D eigenvalue weighted by Crippen LogP contribution is 2.25. The van der Waals surface area contributed by atoms with E-state index in [0.717, 1.165) is 0 Å². The smallest absolute Gasteiger partial charge is 0.315 e. The lowest BCUT2D eigenvalue weighted by Gasteiger charge is -2.27. The van der Waals surface area contributed by atoms with Crippen molar-refractivity contribution in [1.82, 2.24) is 14.9 Å². The van der Waals surface area contributed by atoms with Gasteiger partial charge in [0.05, 0.1) is 31.8 Å². The number of hydrogen-bond donors (Lipinski definition) is 2. The van der Waals surface area contributed by atoms with Crippen molar-refractivity contribution in [3.8, 4) is 11.5 Å². The Labute approximate surface area is 182 Å². The minimum Gasteiger partial charge on any atom is -0.493 e. The molecular formula is C21H27N3O6S. The molecule has 1 aliphatic heterocycles. The van der Waals surface area contributed by atoms with E-state index in [1.165, 1.54) is 4.31 Å². The molecule has 9 nitrogen and oxygen atoms in total. The Kier molecular flexibility index (Phi) is 8.10. The Morgan fingerprint density at radius 2 is 1.71 bits per heavy atom. The first-order valence-corrected chi connectivity index (χ1v) is 11.4. The van der Waals surface area contributed by atoms with Crippen molar-refractivity contribution in [3.05, 3.63) is 54.1 Å². The Bertz CT molecular complexity index is 977. The highest BCUT2D eigenvalue weighted by molar-refractivity contribution is 7.89. The van der Waals surface area contributed by atoms with E-state index in [1.54, 1.807) is 43.5 Å². The Morgan fingerprint density at radius 1 is 1.03 bits per heavy atom. The predicted octanol–water partition coefficient (Wildman–Crippen LogP) is 1.59. The first-order chi connectivity index (χ1) is 15.0. The number of nitrogens with zero attached hydrogens (tertiary/aromatic N) is 1. The zero-order chi connectivity index (χ0) is 22.1. The van der Waals surface area contributed by atoms with Crippen LogP contribution in [0.3, 0.4) is 0 Å². The van der Waals surface area contributed by atoms with Gasteiger partial charge < -0.3 is 24.8 Å². The molecule has 0 spiro atoms. The Morgan fingerprint density at radius 3 is 2.45 bits per heavy atom. The van der Waals surface area contributed by atoms with Crippen LogP contribution in [0.15, 0.2) is 53.4 Å². The van der Waals surface area contributed by atoms with E-state index in [-0.39, 0.29) is 24.6 Å². The van der Waals surface area contributed by atoms with Gasteiger partial charge in [-0.2, -0.15) is 4.31 Å². The van der Waals surface area contributed by atoms with Gasteiger partial charge in [-0.15, -0.1) is 0 Å². The zero-order valence-electron chi connectivity index (χ0n) is 17.4. The minimum absolute atomic E-state index is 0.0823. The molecule has 168 valence electrons. The fraction of sp³-hybridized carbons (Fsp3) is 0.381. The number of ether oxygens (including phenoxy) is 3. The fourth-order valence-electron chi connectivity index (χ4n) is 3.13. The summed E-state index contributed by atoms with van der Waals surface area (Å²) in [5.74, 6) is 1.21. The largest absolute Gasteiger partial charge is 0.493 e. The van der Waals surface area contributed by atoms with Crippen LogP contribution in [0.2, 0.25) is 0 Å². The molecule has 0 bridgehead atoms. The lowest BCUT2D eigenvalue weighted by Crippen LogP contribution is -2.41. The molecule has 2 aromatic rings. The van der Waals surface area contributed by atoms with Gasteiger partial charge in [-0.1, -0.05) is 30.3 Å². The molecule has 0 atom stereocenters. The van der Waals surface area contributed by atoms with Crippen molar-refractivity contribution in [2.24, 2.45) is 0 Å². The molecule has 2 aromatic carbocycles. The van der Waals surface area contributed by atoms with E-state index < -0.39 is 16.1 Å². The number of para-hydroxylation sites is 2. The molecule has 1 heterocycles. The van der Waals surface area contributed by atoms with E-state index in [1.807, 2.05) is 12.1 Å². The minimum atomic E-state index is -3.65. The molecule has 2 amide bonds. The molecular weight excluding hydrogens is 422 g/mol. The molecule has 0 saturated carbocycles. The third kappa shape index (κ3) is 6.09. The van der Waals surface area contributed by atoms with E-state index in [9.17, 15) is 13.2 Å². The van der Waals surface area contributed by atoms with E-state index in [4.69, 9.17) is 14.2 Å². The van der Waals surface area contributed by atoms with E-state index in [2.05, 4.69) is 10.6 Å². The van der Waals surface area contributed by atoms with Crippen LogP contribution in [0.5, 0.6) is 11.5 Å². The van der Waals surface area contributed by atoms with Crippen molar-refractivity contribution in [2.75, 3.05) is 46.6 Å². The summed E-state index contributed by atoms with van der Waals surface area (Å²) in [6, 6.07) is 13.5. The number of carbonyl (C=O) groups excluding carboxylic acids is 1. The SMILES string of the molecule is COc1ccccc1OCCNC(=O)NCc1ccccc1S(=O)(=O)N1CCOCC1. The van der Waals surface area contributed by atoms with Gasteiger partial charge in [0.1, 0.15) is 6.61 Å². The number of urea groups is 1. The van der Waals surface area contributed by atoms with Crippen LogP contribution in [0.25, 0.3) is 0 Å². The Balaban J connectivity index is 1.50. The maximum absolute atomic E-state index is 13.0. The van der Waals surface area contributed by atoms with Gasteiger partial charge in [-0.3, -0.25) is 0 Å². The number of rotatable bonds is 9. The molecule has 1 saturated heterocycles. The predicted molar refractivity (Wildman–Crippen MR) is 115 cm³/mol. The van der Waals surface area contributed by atoms with Crippen molar-refractivity contribution in [3.63, 3.8) is 0 Å². The van der Waals surface area contributed by atoms with Gasteiger partial charge in [0.2, 0.25) is 10.0 Å². The Hall–Kier alpha value is -2.82. The summed E-state index contributed by atoms with van der Waals surface area (Å²) < 4.78 is 43.4. The van der Waals surface area contributed by atoms with Crippen LogP contribution in [0.1, 0.15) is 5.56 Å². The van der Waals surface area contributed by atoms with Crippen LogP contribution in [-0.4, -0.2) is 65.3 Å². The van der Waals surface area contributed by atoms with Gasteiger partial charge in [-0.25, -0.2) is 13.2 Å². The van der Waals surface area contributed by atoms with Crippen LogP contribution >= 0.6 is 0 Å². The quantitative estimate of drug-likeness (QED) is 0.563. The molecule has 3 rings (SSSR count). The standard InChI is InChI=1S/C21H27N3O6S/c1-28-18-7-3-4-8-19(18)30-13-10-22-21(25)23-16-17-6-2-5-9-20(17)31(26,27)24-11-14-29-15-12-24/h2-9H,10-16H2,1H3,(H2,22,23,25). The van der Waals surface area contributed by atoms with Crippen LogP contribution in [0, 0.1) is 0 Å². The number of nitrogens with one attached hydrogen (secondary N) is 2.